The zero-order chi connectivity index (χ0) is 47.5. The molecule has 7 aromatic rings. The molecular formula is C44H12F18N4. The smallest absolute Gasteiger partial charge is 0.200 e. The van der Waals surface area contributed by atoms with Crippen LogP contribution < -0.4 is 0 Å². The van der Waals surface area contributed by atoms with Gasteiger partial charge in [0.05, 0.1) is 45.0 Å². The number of fused-ring (bicyclic) bond motifs is 8. The zero-order valence-electron chi connectivity index (χ0n) is 31.5. The molecule has 66 heavy (non-hydrogen) atoms. The van der Waals surface area contributed by atoms with Gasteiger partial charge in [0, 0.05) is 56.5 Å². The Kier molecular flexibility index (Phi) is 10.2. The first-order chi connectivity index (χ1) is 31.2. The molecule has 5 heterocycles. The summed E-state index contributed by atoms with van der Waals surface area (Å²) in [5, 5.41) is 0. The molecule has 334 valence electrons. The molecule has 0 saturated heterocycles. The first kappa shape index (κ1) is 43.5. The van der Waals surface area contributed by atoms with E-state index < -0.39 is 194 Å². The summed E-state index contributed by atoms with van der Waals surface area (Å²) < 4.78 is 274. The van der Waals surface area contributed by atoms with Crippen LogP contribution in [-0.4, -0.2) is 19.9 Å². The zero-order valence-corrected chi connectivity index (χ0v) is 31.5. The molecule has 0 aliphatic carbocycles. The molecular weight excluding hydrogens is 926 g/mol. The first-order valence-electron chi connectivity index (χ1n) is 18.1. The Labute approximate surface area is 353 Å². The maximum Gasteiger partial charge on any atom is 0.200 e. The number of H-pyrrole nitrogens is 2. The first-order valence-corrected chi connectivity index (χ1v) is 18.1. The molecule has 0 saturated carbocycles. The summed E-state index contributed by atoms with van der Waals surface area (Å²) >= 11 is 0. The number of hydrogen-bond acceptors (Lipinski definition) is 2. The highest BCUT2D eigenvalue weighted by Gasteiger charge is 2.33. The molecule has 3 aromatic heterocycles. The molecule has 2 N–H and O–H groups in total. The highest BCUT2D eigenvalue weighted by Crippen LogP contribution is 2.44. The van der Waals surface area contributed by atoms with Gasteiger partial charge in [0.2, 0.25) is 11.6 Å². The Morgan fingerprint density at radius 3 is 0.667 bits per heavy atom. The van der Waals surface area contributed by atoms with Gasteiger partial charge in [-0.3, -0.25) is 0 Å². The summed E-state index contributed by atoms with van der Waals surface area (Å²) in [5.41, 5.74) is -18.0. The molecule has 0 amide bonds. The normalized spacial score (nSPS) is 12.3. The van der Waals surface area contributed by atoms with Gasteiger partial charge in [0.1, 0.15) is 0 Å². The summed E-state index contributed by atoms with van der Waals surface area (Å²) in [6, 6.07) is 2.53. The number of nitrogens with one attached hydrogen (secondary N) is 2. The Bertz CT molecular complexity index is 3250. The molecule has 8 bridgehead atoms. The number of halogens is 18. The van der Waals surface area contributed by atoms with E-state index >= 15 is 35.1 Å². The quantitative estimate of drug-likeness (QED) is 0.105. The average molecular weight is 939 g/mol. The molecule has 2 aliphatic heterocycles. The minimum atomic E-state index is -2.65. The molecule has 4 aromatic carbocycles. The Hall–Kier alpha value is -7.78. The number of benzene rings is 4. The summed E-state index contributed by atoms with van der Waals surface area (Å²) in [6.45, 7) is 0. The molecule has 4 nitrogen and oxygen atoms in total. The van der Waals surface area contributed by atoms with Gasteiger partial charge >= 0.3 is 0 Å². The minimum absolute atomic E-state index is 0.221. The van der Waals surface area contributed by atoms with Crippen LogP contribution in [-0.2, 0) is 0 Å². The maximum absolute atomic E-state index is 15.8. The molecule has 0 spiro atoms. The molecule has 2 aliphatic rings. The van der Waals surface area contributed by atoms with Crippen LogP contribution >= 0.6 is 0 Å². The number of rotatable bonds is 4. The lowest BCUT2D eigenvalue weighted by Gasteiger charge is -2.11. The van der Waals surface area contributed by atoms with Crippen LogP contribution in [0.3, 0.4) is 0 Å². The van der Waals surface area contributed by atoms with E-state index in [0.717, 1.165) is 36.4 Å². The van der Waals surface area contributed by atoms with Gasteiger partial charge in [-0.1, -0.05) is 0 Å². The van der Waals surface area contributed by atoms with Crippen molar-refractivity contribution in [2.75, 3.05) is 0 Å². The second-order valence-electron chi connectivity index (χ2n) is 14.1. The van der Waals surface area contributed by atoms with Gasteiger partial charge < -0.3 is 9.97 Å². The van der Waals surface area contributed by atoms with Crippen LogP contribution in [0.2, 0.25) is 0 Å². The Morgan fingerprint density at radius 1 is 0.242 bits per heavy atom. The predicted molar refractivity (Wildman–Crippen MR) is 200 cm³/mol. The predicted octanol–water partition coefficient (Wildman–Crippen LogP) is 13.8. The maximum atomic E-state index is 15.8. The summed E-state index contributed by atoms with van der Waals surface area (Å²) in [6.07, 6.45) is 2.86. The lowest BCUT2D eigenvalue weighted by molar-refractivity contribution is 0.381. The van der Waals surface area contributed by atoms with Gasteiger partial charge in [0.15, 0.2) is 93.1 Å². The van der Waals surface area contributed by atoms with Gasteiger partial charge in [-0.25, -0.2) is 89.0 Å². The molecule has 0 unspecified atom stereocenters. The van der Waals surface area contributed by atoms with Gasteiger partial charge in [0.25, 0.3) is 0 Å². The van der Waals surface area contributed by atoms with E-state index in [0.29, 0.717) is 12.2 Å². The largest absolute Gasteiger partial charge is 0.354 e. The Balaban J connectivity index is 1.59. The second kappa shape index (κ2) is 15.4. The van der Waals surface area contributed by atoms with Crippen molar-refractivity contribution in [1.29, 1.82) is 0 Å². The lowest BCUT2D eigenvalue weighted by Crippen LogP contribution is -2.05. The molecule has 0 radical (unpaired) electrons. The van der Waals surface area contributed by atoms with Crippen molar-refractivity contribution in [3.63, 3.8) is 0 Å². The molecule has 9 rings (SSSR count). The highest BCUT2D eigenvalue weighted by atomic mass is 19.2. The lowest BCUT2D eigenvalue weighted by atomic mass is 10.0. The monoisotopic (exact) mass is 938 g/mol. The third-order valence-electron chi connectivity index (χ3n) is 10.4. The van der Waals surface area contributed by atoms with Gasteiger partial charge in [-0.2, -0.15) is 0 Å². The van der Waals surface area contributed by atoms with Crippen LogP contribution in [0.1, 0.15) is 22.8 Å². The van der Waals surface area contributed by atoms with Crippen LogP contribution in [0.25, 0.3) is 90.9 Å². The van der Waals surface area contributed by atoms with E-state index in [2.05, 4.69) is 19.9 Å². The molecule has 0 atom stereocenters. The number of hydrogen-bond donors (Lipinski definition) is 2. The van der Waals surface area contributed by atoms with E-state index in [9.17, 15) is 43.9 Å². The standard InChI is InChI=1S/C44H12F18N4/c45-11-9-12(46)32(50)27(31(11)49)23-15-1-5-19(63-15)25(29-35(53)39(57)43(61)40(58)36(29)54)20-7-3-17(65-20)24(28-33(51)13(47)10-14(48)34(28)52)18-4-8-22(66-18)26(21-6-2-16(23)64-21)30-37(55)41(59)44(62)42(60)38(30)56/h1-10,63,66H. The fourth-order valence-electron chi connectivity index (χ4n) is 7.49. The summed E-state index contributed by atoms with van der Waals surface area (Å²) in [7, 11) is 0. The number of aromatic nitrogens is 4. The molecule has 0 fully saturated rings. The van der Waals surface area contributed by atoms with E-state index in [-0.39, 0.29) is 12.1 Å². The third kappa shape index (κ3) is 6.36. The van der Waals surface area contributed by atoms with Crippen molar-refractivity contribution in [2.45, 2.75) is 0 Å². The number of aromatic amines is 2. The summed E-state index contributed by atoms with van der Waals surface area (Å²) in [5.74, 6) is -42.4. The van der Waals surface area contributed by atoms with Crippen molar-refractivity contribution in [2.24, 2.45) is 0 Å². The van der Waals surface area contributed by atoms with Crippen molar-refractivity contribution in [3.8, 4) is 44.5 Å². The third-order valence-corrected chi connectivity index (χ3v) is 10.4. The van der Waals surface area contributed by atoms with E-state index in [1.54, 1.807) is 0 Å². The van der Waals surface area contributed by atoms with Crippen LogP contribution in [0.15, 0.2) is 36.4 Å². The fourth-order valence-corrected chi connectivity index (χ4v) is 7.49. The second-order valence-corrected chi connectivity index (χ2v) is 14.1. The molecule has 22 heteroatoms. The summed E-state index contributed by atoms with van der Waals surface area (Å²) in [4.78, 5) is 12.8. The SMILES string of the molecule is Fc1cc(F)c(F)c(-c2c3nc(c(-c4c(F)c(F)c(F)c(F)c4F)c4ccc([nH]4)c(-c4c(F)c(F)cc(F)c4F)c4nc(c(-c5c(F)c(F)c(F)c(F)c5F)c5ccc2[nH]5)C=C4)C=C3)c1F. The number of nitrogens with zero attached hydrogens (tertiary/aromatic N) is 2. The highest BCUT2D eigenvalue weighted by molar-refractivity contribution is 6.00. The van der Waals surface area contributed by atoms with E-state index in [1.165, 1.54) is 0 Å². The van der Waals surface area contributed by atoms with Gasteiger partial charge in [-0.15, -0.1) is 0 Å². The van der Waals surface area contributed by atoms with Crippen molar-refractivity contribution < 1.29 is 79.0 Å². The fraction of sp³-hybridized carbons (Fsp3) is 0. The minimum Gasteiger partial charge on any atom is -0.354 e. The van der Waals surface area contributed by atoms with Crippen LogP contribution in [0.4, 0.5) is 79.0 Å². The van der Waals surface area contributed by atoms with E-state index in [4.69, 9.17) is 0 Å². The Morgan fingerprint density at radius 2 is 0.439 bits per heavy atom. The van der Waals surface area contributed by atoms with Crippen LogP contribution in [0, 0.1) is 105 Å². The van der Waals surface area contributed by atoms with E-state index in [1.807, 2.05) is 0 Å². The van der Waals surface area contributed by atoms with Gasteiger partial charge in [-0.05, 0) is 48.6 Å². The average Bonchev–Trinajstić information content (AvgIpc) is 4.14. The van der Waals surface area contributed by atoms with Crippen molar-refractivity contribution >= 4 is 46.4 Å². The van der Waals surface area contributed by atoms with Crippen molar-refractivity contribution in [3.05, 3.63) is 164 Å². The van der Waals surface area contributed by atoms with Crippen molar-refractivity contribution in [1.82, 2.24) is 19.9 Å². The topological polar surface area (TPSA) is 57.4 Å². The van der Waals surface area contributed by atoms with Crippen LogP contribution in [0.5, 0.6) is 0 Å².